The van der Waals surface area contributed by atoms with Gasteiger partial charge in [0.25, 0.3) is 11.5 Å². The van der Waals surface area contributed by atoms with E-state index in [9.17, 15) is 9.59 Å². The standard InChI is InChI=1S/C33H35ClN4O2S/c1-21(2)18-29-24(31(39)37-16-14-35-15-17-37)19-25(30-36-27(20-41-30)22-10-12-23(34)13-11-22)32(40)38(29)28-9-7-6-8-26(28)33(3,4)5/h6-13,18-20,35H,14-17H2,1-5H3. The molecule has 2 aromatic heterocycles. The first-order chi connectivity index (χ1) is 19.5. The van der Waals surface area contributed by atoms with E-state index in [0.29, 0.717) is 39.9 Å². The zero-order valence-corrected chi connectivity index (χ0v) is 25.7. The van der Waals surface area contributed by atoms with Crippen molar-refractivity contribution >= 4 is 34.9 Å². The smallest absolute Gasteiger partial charge is 0.265 e. The highest BCUT2D eigenvalue weighted by molar-refractivity contribution is 7.13. The maximum Gasteiger partial charge on any atom is 0.265 e. The number of allylic oxidation sites excluding steroid dienone is 1. The molecule has 0 saturated carbocycles. The highest BCUT2D eigenvalue weighted by atomic mass is 35.5. The molecular weight excluding hydrogens is 552 g/mol. The van der Waals surface area contributed by atoms with Gasteiger partial charge in [0, 0.05) is 42.1 Å². The van der Waals surface area contributed by atoms with Crippen LogP contribution in [0.15, 0.2) is 70.3 Å². The molecule has 3 heterocycles. The monoisotopic (exact) mass is 586 g/mol. The lowest BCUT2D eigenvalue weighted by Gasteiger charge is -2.29. The fraction of sp³-hybridized carbons (Fsp3) is 0.303. The molecule has 6 nitrogen and oxygen atoms in total. The summed E-state index contributed by atoms with van der Waals surface area (Å²) in [5.41, 5.74) is 5.49. The first-order valence-electron chi connectivity index (χ1n) is 13.8. The van der Waals surface area contributed by atoms with E-state index in [0.717, 1.165) is 41.2 Å². The van der Waals surface area contributed by atoms with Crippen LogP contribution in [0.2, 0.25) is 5.02 Å². The Morgan fingerprint density at radius 1 is 1.05 bits per heavy atom. The molecule has 1 fully saturated rings. The van der Waals surface area contributed by atoms with E-state index >= 15 is 0 Å². The summed E-state index contributed by atoms with van der Waals surface area (Å²) in [7, 11) is 0. The van der Waals surface area contributed by atoms with Crippen molar-refractivity contribution < 1.29 is 4.79 Å². The van der Waals surface area contributed by atoms with Gasteiger partial charge in [-0.25, -0.2) is 4.98 Å². The number of carbonyl (C=O) groups excluding carboxylic acids is 1. The predicted octanol–water partition coefficient (Wildman–Crippen LogP) is 7.05. The number of thiazole rings is 1. The predicted molar refractivity (Wildman–Crippen MR) is 170 cm³/mol. The van der Waals surface area contributed by atoms with Crippen LogP contribution in [0.4, 0.5) is 0 Å². The van der Waals surface area contributed by atoms with Crippen LogP contribution in [0.3, 0.4) is 0 Å². The maximum absolute atomic E-state index is 14.5. The average Bonchev–Trinajstić information content (AvgIpc) is 3.43. The van der Waals surface area contributed by atoms with E-state index in [4.69, 9.17) is 16.6 Å². The van der Waals surface area contributed by atoms with Gasteiger partial charge in [-0.05, 0) is 55.2 Å². The van der Waals surface area contributed by atoms with Crippen molar-refractivity contribution in [3.8, 4) is 27.5 Å². The normalized spacial score (nSPS) is 13.8. The molecule has 0 bridgehead atoms. The summed E-state index contributed by atoms with van der Waals surface area (Å²) in [5.74, 6) is -0.0864. The molecule has 2 aromatic carbocycles. The number of nitrogens with one attached hydrogen (secondary N) is 1. The zero-order valence-electron chi connectivity index (χ0n) is 24.1. The molecule has 0 aliphatic carbocycles. The number of para-hydroxylation sites is 1. The van der Waals surface area contributed by atoms with Crippen LogP contribution in [0, 0.1) is 0 Å². The number of nitrogens with zero attached hydrogens (tertiary/aromatic N) is 3. The average molecular weight is 587 g/mol. The lowest BCUT2D eigenvalue weighted by atomic mass is 9.85. The number of amides is 1. The Morgan fingerprint density at radius 3 is 2.39 bits per heavy atom. The molecule has 1 saturated heterocycles. The highest BCUT2D eigenvalue weighted by Gasteiger charge is 2.28. The second-order valence-electron chi connectivity index (χ2n) is 11.6. The topological polar surface area (TPSA) is 67.2 Å². The van der Waals surface area contributed by atoms with Crippen molar-refractivity contribution in [3.63, 3.8) is 0 Å². The molecule has 8 heteroatoms. The van der Waals surface area contributed by atoms with Crippen molar-refractivity contribution in [1.29, 1.82) is 0 Å². The molecule has 5 rings (SSSR count). The minimum atomic E-state index is -0.236. The lowest BCUT2D eigenvalue weighted by Crippen LogP contribution is -2.47. The van der Waals surface area contributed by atoms with E-state index in [1.54, 1.807) is 10.6 Å². The second-order valence-corrected chi connectivity index (χ2v) is 12.9. The largest absolute Gasteiger partial charge is 0.336 e. The molecule has 0 atom stereocenters. The quantitative estimate of drug-likeness (QED) is 0.272. The summed E-state index contributed by atoms with van der Waals surface area (Å²) in [6.07, 6.45) is 1.95. The van der Waals surface area contributed by atoms with E-state index in [1.807, 2.05) is 72.7 Å². The molecule has 1 aliphatic rings. The number of carbonyl (C=O) groups is 1. The van der Waals surface area contributed by atoms with E-state index in [-0.39, 0.29) is 16.9 Å². The van der Waals surface area contributed by atoms with Crippen molar-refractivity contribution in [2.24, 2.45) is 0 Å². The zero-order chi connectivity index (χ0) is 29.3. The summed E-state index contributed by atoms with van der Waals surface area (Å²) in [6.45, 7) is 13.1. The van der Waals surface area contributed by atoms with Gasteiger partial charge < -0.3 is 10.2 Å². The van der Waals surface area contributed by atoms with Crippen LogP contribution in [0.5, 0.6) is 0 Å². The van der Waals surface area contributed by atoms with Crippen molar-refractivity contribution in [2.75, 3.05) is 26.2 Å². The van der Waals surface area contributed by atoms with Gasteiger partial charge in [0.2, 0.25) is 0 Å². The maximum atomic E-state index is 14.5. The van der Waals surface area contributed by atoms with Crippen molar-refractivity contribution in [1.82, 2.24) is 19.8 Å². The van der Waals surface area contributed by atoms with Crippen LogP contribution in [-0.2, 0) is 5.41 Å². The van der Waals surface area contributed by atoms with Crippen LogP contribution in [0.25, 0.3) is 33.6 Å². The van der Waals surface area contributed by atoms with Gasteiger partial charge in [-0.1, -0.05) is 68.3 Å². The van der Waals surface area contributed by atoms with Gasteiger partial charge in [0.15, 0.2) is 0 Å². The third-order valence-electron chi connectivity index (χ3n) is 7.13. The number of halogens is 1. The van der Waals surface area contributed by atoms with Crippen LogP contribution < -0.4 is 10.9 Å². The molecule has 0 radical (unpaired) electrons. The van der Waals surface area contributed by atoms with Gasteiger partial charge >= 0.3 is 0 Å². The summed E-state index contributed by atoms with van der Waals surface area (Å²) < 4.78 is 1.72. The number of hydrogen-bond donors (Lipinski definition) is 1. The Balaban J connectivity index is 1.81. The van der Waals surface area contributed by atoms with E-state index in [1.165, 1.54) is 11.3 Å². The number of benzene rings is 2. The van der Waals surface area contributed by atoms with Crippen LogP contribution in [0.1, 0.15) is 56.2 Å². The first kappa shape index (κ1) is 29.0. The second kappa shape index (κ2) is 11.8. The van der Waals surface area contributed by atoms with Gasteiger partial charge in [-0.15, -0.1) is 11.3 Å². The van der Waals surface area contributed by atoms with Gasteiger partial charge in [0.05, 0.1) is 28.2 Å². The minimum absolute atomic E-state index is 0.0864. The molecule has 1 N–H and O–H groups in total. The molecule has 4 aromatic rings. The molecular formula is C33H35ClN4O2S. The SMILES string of the molecule is CC(C)=Cc1c(C(=O)N2CCNCC2)cc(-c2nc(-c3ccc(Cl)cc3)cs2)c(=O)n1-c1ccccc1C(C)(C)C. The Kier molecular flexibility index (Phi) is 8.32. The Bertz CT molecular complexity index is 1670. The number of piperazine rings is 1. The van der Waals surface area contributed by atoms with Crippen molar-refractivity contribution in [2.45, 2.75) is 40.0 Å². The van der Waals surface area contributed by atoms with Gasteiger partial charge in [-0.3, -0.25) is 14.2 Å². The molecule has 212 valence electrons. The third-order valence-corrected chi connectivity index (χ3v) is 8.25. The van der Waals surface area contributed by atoms with Gasteiger partial charge in [-0.2, -0.15) is 0 Å². The lowest BCUT2D eigenvalue weighted by molar-refractivity contribution is 0.0735. The summed E-state index contributed by atoms with van der Waals surface area (Å²) in [6, 6.07) is 17.2. The fourth-order valence-corrected chi connectivity index (χ4v) is 6.06. The fourth-order valence-electron chi connectivity index (χ4n) is 5.10. The molecule has 1 amide bonds. The van der Waals surface area contributed by atoms with E-state index in [2.05, 4.69) is 32.2 Å². The number of rotatable bonds is 5. The molecule has 1 aliphatic heterocycles. The van der Waals surface area contributed by atoms with Crippen LogP contribution in [-0.4, -0.2) is 46.5 Å². The third kappa shape index (κ3) is 6.08. The Labute approximate surface area is 250 Å². The van der Waals surface area contributed by atoms with Crippen molar-refractivity contribution in [3.05, 3.63) is 97.7 Å². The summed E-state index contributed by atoms with van der Waals surface area (Å²) in [4.78, 5) is 35.4. The summed E-state index contributed by atoms with van der Waals surface area (Å²) >= 11 is 7.49. The Hall–Kier alpha value is -3.52. The number of pyridine rings is 1. The van der Waals surface area contributed by atoms with Gasteiger partial charge in [0.1, 0.15) is 5.01 Å². The number of aromatic nitrogens is 2. The minimum Gasteiger partial charge on any atom is -0.336 e. The molecule has 41 heavy (non-hydrogen) atoms. The van der Waals surface area contributed by atoms with Crippen LogP contribution >= 0.6 is 22.9 Å². The Morgan fingerprint density at radius 2 is 1.73 bits per heavy atom. The van der Waals surface area contributed by atoms with E-state index < -0.39 is 0 Å². The summed E-state index contributed by atoms with van der Waals surface area (Å²) in [5, 5.41) is 6.48. The number of hydrogen-bond acceptors (Lipinski definition) is 5. The first-order valence-corrected chi connectivity index (χ1v) is 15.1. The molecule has 0 spiro atoms. The highest BCUT2D eigenvalue weighted by Crippen LogP contribution is 2.33. The molecule has 0 unspecified atom stereocenters.